The standard InChI is InChI=1S/C13H13NO2.C7H11N/c1-9(14-13(15)16)11-7-6-10-4-2-3-5-12(10)8-11;1-5-6(4-8)7(5,2)3/h2-9,14H,1H3,(H,15,16);5-6H,1-3H3/t9-;/m1./s1. The fourth-order valence-electron chi connectivity index (χ4n) is 2.92. The van der Waals surface area contributed by atoms with E-state index < -0.39 is 6.09 Å². The Bertz CT molecular complexity index is 777. The van der Waals surface area contributed by atoms with Crippen LogP contribution in [0.15, 0.2) is 42.5 Å². The van der Waals surface area contributed by atoms with Crippen LogP contribution in [0.5, 0.6) is 0 Å². The Labute approximate surface area is 143 Å². The fourth-order valence-corrected chi connectivity index (χ4v) is 2.92. The molecule has 2 aromatic rings. The first-order valence-corrected chi connectivity index (χ1v) is 8.15. The number of nitrogens with one attached hydrogen (secondary N) is 1. The summed E-state index contributed by atoms with van der Waals surface area (Å²) >= 11 is 0. The molecule has 2 aromatic carbocycles. The van der Waals surface area contributed by atoms with Crippen LogP contribution in [0.4, 0.5) is 4.79 Å². The van der Waals surface area contributed by atoms with Crippen LogP contribution in [-0.2, 0) is 0 Å². The molecule has 0 bridgehead atoms. The summed E-state index contributed by atoms with van der Waals surface area (Å²) < 4.78 is 0. The number of benzene rings is 2. The van der Waals surface area contributed by atoms with Crippen molar-refractivity contribution in [3.63, 3.8) is 0 Å². The minimum atomic E-state index is -0.999. The van der Waals surface area contributed by atoms with Crippen molar-refractivity contribution in [1.82, 2.24) is 5.32 Å². The lowest BCUT2D eigenvalue weighted by atomic mass is 10.0. The third kappa shape index (κ3) is 3.86. The molecule has 0 radical (unpaired) electrons. The SMILES string of the molecule is CC1C(C#N)C1(C)C.C[C@@H](NC(=O)O)c1ccc2ccccc2c1. The van der Waals surface area contributed by atoms with E-state index >= 15 is 0 Å². The van der Waals surface area contributed by atoms with Crippen molar-refractivity contribution in [3.8, 4) is 6.07 Å². The summed E-state index contributed by atoms with van der Waals surface area (Å²) in [4.78, 5) is 10.5. The number of carbonyl (C=O) groups is 1. The minimum absolute atomic E-state index is 0.192. The quantitative estimate of drug-likeness (QED) is 0.819. The molecule has 4 nitrogen and oxygen atoms in total. The Hall–Kier alpha value is -2.54. The molecule has 3 atom stereocenters. The van der Waals surface area contributed by atoms with Crippen molar-refractivity contribution in [2.24, 2.45) is 17.3 Å². The number of carboxylic acid groups (broad SMARTS) is 1. The number of hydrogen-bond donors (Lipinski definition) is 2. The molecule has 3 rings (SSSR count). The van der Waals surface area contributed by atoms with Crippen LogP contribution in [0.2, 0.25) is 0 Å². The van der Waals surface area contributed by atoms with E-state index in [0.29, 0.717) is 17.3 Å². The number of nitriles is 1. The molecular formula is C20H24N2O2. The van der Waals surface area contributed by atoms with Crippen LogP contribution in [0.3, 0.4) is 0 Å². The highest BCUT2D eigenvalue weighted by Crippen LogP contribution is 2.57. The minimum Gasteiger partial charge on any atom is -0.465 e. The maximum absolute atomic E-state index is 10.5. The van der Waals surface area contributed by atoms with E-state index in [4.69, 9.17) is 10.4 Å². The summed E-state index contributed by atoms with van der Waals surface area (Å²) in [6.07, 6.45) is -0.999. The third-order valence-electron chi connectivity index (χ3n) is 5.12. The molecule has 0 aromatic heterocycles. The number of fused-ring (bicyclic) bond motifs is 1. The summed E-state index contributed by atoms with van der Waals surface area (Å²) in [5, 5.41) is 21.8. The zero-order chi connectivity index (χ0) is 17.9. The van der Waals surface area contributed by atoms with E-state index in [-0.39, 0.29) is 6.04 Å². The smallest absolute Gasteiger partial charge is 0.405 e. The topological polar surface area (TPSA) is 73.1 Å². The summed E-state index contributed by atoms with van der Waals surface area (Å²) in [5.74, 6) is 0.940. The van der Waals surface area contributed by atoms with Crippen LogP contribution < -0.4 is 5.32 Å². The third-order valence-corrected chi connectivity index (χ3v) is 5.12. The van der Waals surface area contributed by atoms with Crippen LogP contribution in [-0.4, -0.2) is 11.2 Å². The largest absolute Gasteiger partial charge is 0.465 e. The first-order chi connectivity index (χ1) is 11.3. The van der Waals surface area contributed by atoms with Gasteiger partial charge in [-0.15, -0.1) is 0 Å². The predicted molar refractivity (Wildman–Crippen MR) is 95.6 cm³/mol. The normalized spacial score (nSPS) is 21.8. The first-order valence-electron chi connectivity index (χ1n) is 8.15. The van der Waals surface area contributed by atoms with Crippen molar-refractivity contribution in [2.45, 2.75) is 33.7 Å². The monoisotopic (exact) mass is 324 g/mol. The van der Waals surface area contributed by atoms with Gasteiger partial charge in [-0.2, -0.15) is 5.26 Å². The summed E-state index contributed by atoms with van der Waals surface area (Å²) in [6.45, 7) is 8.25. The van der Waals surface area contributed by atoms with Gasteiger partial charge in [0.25, 0.3) is 0 Å². The van der Waals surface area contributed by atoms with E-state index in [1.54, 1.807) is 0 Å². The maximum atomic E-state index is 10.5. The number of nitrogens with zero attached hydrogens (tertiary/aromatic N) is 1. The van der Waals surface area contributed by atoms with Gasteiger partial charge in [0.15, 0.2) is 0 Å². The van der Waals surface area contributed by atoms with Crippen LogP contribution in [0.25, 0.3) is 10.8 Å². The molecule has 4 heteroatoms. The Balaban J connectivity index is 0.000000219. The lowest BCUT2D eigenvalue weighted by molar-refractivity contribution is 0.191. The van der Waals surface area contributed by atoms with Crippen molar-refractivity contribution < 1.29 is 9.90 Å². The second kappa shape index (κ2) is 6.92. The fraction of sp³-hybridized carbons (Fsp3) is 0.400. The second-order valence-electron chi connectivity index (χ2n) is 6.99. The highest BCUT2D eigenvalue weighted by Gasteiger charge is 2.54. The lowest BCUT2D eigenvalue weighted by Crippen LogP contribution is -2.24. The molecule has 0 heterocycles. The van der Waals surface area contributed by atoms with Gasteiger partial charge >= 0.3 is 6.09 Å². The van der Waals surface area contributed by atoms with Gasteiger partial charge in [-0.3, -0.25) is 0 Å². The van der Waals surface area contributed by atoms with Gasteiger partial charge in [-0.05, 0) is 40.7 Å². The van der Waals surface area contributed by atoms with Gasteiger partial charge < -0.3 is 10.4 Å². The maximum Gasteiger partial charge on any atom is 0.405 e. The zero-order valence-corrected chi connectivity index (χ0v) is 14.6. The van der Waals surface area contributed by atoms with Crippen molar-refractivity contribution in [2.75, 3.05) is 0 Å². The second-order valence-corrected chi connectivity index (χ2v) is 6.99. The number of rotatable bonds is 2. The molecule has 0 saturated heterocycles. The molecule has 2 N–H and O–H groups in total. The van der Waals surface area contributed by atoms with Crippen molar-refractivity contribution in [1.29, 1.82) is 5.26 Å². The molecule has 1 aliphatic rings. The van der Waals surface area contributed by atoms with Gasteiger partial charge in [0.2, 0.25) is 0 Å². The number of amides is 1. The van der Waals surface area contributed by atoms with Crippen LogP contribution >= 0.6 is 0 Å². The zero-order valence-electron chi connectivity index (χ0n) is 14.6. The molecule has 1 saturated carbocycles. The van der Waals surface area contributed by atoms with Gasteiger partial charge in [-0.1, -0.05) is 57.2 Å². The van der Waals surface area contributed by atoms with E-state index in [2.05, 4.69) is 32.2 Å². The highest BCUT2D eigenvalue weighted by molar-refractivity contribution is 5.83. The van der Waals surface area contributed by atoms with Crippen molar-refractivity contribution in [3.05, 3.63) is 48.0 Å². The Morgan fingerprint density at radius 3 is 2.29 bits per heavy atom. The molecule has 24 heavy (non-hydrogen) atoms. The molecule has 126 valence electrons. The number of hydrogen-bond acceptors (Lipinski definition) is 2. The van der Waals surface area contributed by atoms with Crippen molar-refractivity contribution >= 4 is 16.9 Å². The highest BCUT2D eigenvalue weighted by atomic mass is 16.4. The Morgan fingerprint density at radius 1 is 1.25 bits per heavy atom. The molecule has 0 spiro atoms. The van der Waals surface area contributed by atoms with Gasteiger partial charge in [0.1, 0.15) is 0 Å². The molecule has 1 amide bonds. The average molecular weight is 324 g/mol. The molecule has 1 aliphatic carbocycles. The average Bonchev–Trinajstić information content (AvgIpc) is 3.03. The molecule has 0 aliphatic heterocycles. The van der Waals surface area contributed by atoms with E-state index in [1.807, 2.05) is 49.4 Å². The summed E-state index contributed by atoms with van der Waals surface area (Å²) in [6, 6.07) is 16.1. The predicted octanol–water partition coefficient (Wildman–Crippen LogP) is 4.97. The van der Waals surface area contributed by atoms with Crippen LogP contribution in [0, 0.1) is 28.6 Å². The van der Waals surface area contributed by atoms with Gasteiger partial charge in [0, 0.05) is 0 Å². The Morgan fingerprint density at radius 2 is 1.83 bits per heavy atom. The molecule has 1 fully saturated rings. The van der Waals surface area contributed by atoms with E-state index in [0.717, 1.165) is 16.3 Å². The van der Waals surface area contributed by atoms with E-state index in [1.165, 1.54) is 0 Å². The summed E-state index contributed by atoms with van der Waals surface area (Å²) in [7, 11) is 0. The molecule has 2 unspecified atom stereocenters. The Kier molecular flexibility index (Phi) is 5.14. The first kappa shape index (κ1) is 17.8. The van der Waals surface area contributed by atoms with Gasteiger partial charge in [-0.25, -0.2) is 4.79 Å². The lowest BCUT2D eigenvalue weighted by Gasteiger charge is -2.12. The van der Waals surface area contributed by atoms with Gasteiger partial charge in [0.05, 0.1) is 18.0 Å². The van der Waals surface area contributed by atoms with E-state index in [9.17, 15) is 4.79 Å². The van der Waals surface area contributed by atoms with Crippen LogP contribution in [0.1, 0.15) is 39.3 Å². The summed E-state index contributed by atoms with van der Waals surface area (Å²) in [5.41, 5.74) is 1.29. The molecular weight excluding hydrogens is 300 g/mol.